The number of likely N-dealkylation sites (N-methyl/N-ethyl adjacent to an activating group) is 1. The number of hydrogen-bond donors (Lipinski definition) is 2. The molecule has 1 aliphatic rings. The van der Waals surface area contributed by atoms with Crippen LogP contribution in [0.5, 0.6) is 0 Å². The predicted molar refractivity (Wildman–Crippen MR) is 85.3 cm³/mol. The molecule has 0 aliphatic carbocycles. The Bertz CT molecular complexity index is 571. The summed E-state index contributed by atoms with van der Waals surface area (Å²) in [6.07, 6.45) is 8.48. The molecule has 1 unspecified atom stereocenters. The summed E-state index contributed by atoms with van der Waals surface area (Å²) < 4.78 is 0. The Morgan fingerprint density at radius 1 is 1.36 bits per heavy atom. The highest BCUT2D eigenvalue weighted by Gasteiger charge is 2.20. The van der Waals surface area contributed by atoms with E-state index in [2.05, 4.69) is 15.6 Å². The lowest BCUT2D eigenvalue weighted by atomic mass is 10.1. The number of piperidine rings is 1. The average Bonchev–Trinajstić information content (AvgIpc) is 2.59. The van der Waals surface area contributed by atoms with Crippen LogP contribution in [0.25, 0.3) is 6.08 Å². The van der Waals surface area contributed by atoms with Crippen LogP contribution < -0.4 is 10.6 Å². The number of amides is 2. The molecule has 0 aromatic carbocycles. The zero-order valence-corrected chi connectivity index (χ0v) is 13.0. The van der Waals surface area contributed by atoms with Gasteiger partial charge in [0.2, 0.25) is 5.91 Å². The molecule has 2 rings (SSSR count). The van der Waals surface area contributed by atoms with Gasteiger partial charge in [-0.3, -0.25) is 14.6 Å². The van der Waals surface area contributed by atoms with Crippen LogP contribution in [0.4, 0.5) is 0 Å². The van der Waals surface area contributed by atoms with Gasteiger partial charge < -0.3 is 15.5 Å². The van der Waals surface area contributed by atoms with Crippen molar-refractivity contribution < 1.29 is 9.59 Å². The number of rotatable bonds is 4. The minimum Gasteiger partial charge on any atom is -0.355 e. The normalized spacial score (nSPS) is 18.5. The van der Waals surface area contributed by atoms with Crippen LogP contribution in [0.15, 0.2) is 24.5 Å². The number of nitrogens with zero attached hydrogens (tertiary/aromatic N) is 2. The van der Waals surface area contributed by atoms with Crippen LogP contribution in [0, 0.1) is 0 Å². The van der Waals surface area contributed by atoms with Crippen molar-refractivity contribution in [3.8, 4) is 0 Å². The molecule has 2 amide bonds. The molecule has 1 atom stereocenters. The van der Waals surface area contributed by atoms with Gasteiger partial charge in [-0.2, -0.15) is 0 Å². The van der Waals surface area contributed by atoms with Crippen LogP contribution in [0.1, 0.15) is 28.8 Å². The molecule has 1 aromatic heterocycles. The monoisotopic (exact) mass is 302 g/mol. The Balaban J connectivity index is 2.02. The molecular weight excluding hydrogens is 280 g/mol. The Hall–Kier alpha value is -2.21. The van der Waals surface area contributed by atoms with Gasteiger partial charge in [-0.25, -0.2) is 0 Å². The smallest absolute Gasteiger partial charge is 0.252 e. The number of aromatic nitrogens is 1. The van der Waals surface area contributed by atoms with E-state index in [1.54, 1.807) is 31.5 Å². The second-order valence-corrected chi connectivity index (χ2v) is 5.33. The minimum absolute atomic E-state index is 0.00899. The van der Waals surface area contributed by atoms with Gasteiger partial charge in [0, 0.05) is 44.6 Å². The fraction of sp³-hybridized carbons (Fsp3) is 0.438. The van der Waals surface area contributed by atoms with Crippen molar-refractivity contribution in [1.82, 2.24) is 20.5 Å². The molecular formula is C16H22N4O2. The van der Waals surface area contributed by atoms with Crippen molar-refractivity contribution >= 4 is 17.9 Å². The maximum absolute atomic E-state index is 12.2. The highest BCUT2D eigenvalue weighted by molar-refractivity contribution is 5.95. The van der Waals surface area contributed by atoms with Gasteiger partial charge in [0.15, 0.2) is 0 Å². The summed E-state index contributed by atoms with van der Waals surface area (Å²) in [5, 5.41) is 5.77. The summed E-state index contributed by atoms with van der Waals surface area (Å²) in [7, 11) is 3.49. The molecule has 6 heteroatoms. The van der Waals surface area contributed by atoms with E-state index >= 15 is 0 Å². The van der Waals surface area contributed by atoms with E-state index in [1.807, 2.05) is 11.9 Å². The van der Waals surface area contributed by atoms with Crippen LogP contribution in [0.3, 0.4) is 0 Å². The standard InChI is InChI=1S/C16H22N4O2/c1-17-14-4-3-7-20(11-14)15(21)6-5-12-8-13(10-19-9-12)16(22)18-2/h5-6,8-10,14,17H,3-4,7,11H2,1-2H3,(H,18,22)/b6-5+. The molecule has 0 bridgehead atoms. The zero-order valence-electron chi connectivity index (χ0n) is 13.0. The number of pyridine rings is 1. The minimum atomic E-state index is -0.193. The second kappa shape index (κ2) is 7.70. The lowest BCUT2D eigenvalue weighted by Gasteiger charge is -2.31. The van der Waals surface area contributed by atoms with Gasteiger partial charge in [0.25, 0.3) is 5.91 Å². The molecule has 1 saturated heterocycles. The zero-order chi connectivity index (χ0) is 15.9. The molecule has 1 aromatic rings. The third kappa shape index (κ3) is 4.14. The molecule has 2 N–H and O–H groups in total. The van der Waals surface area contributed by atoms with Crippen LogP contribution in [-0.2, 0) is 4.79 Å². The van der Waals surface area contributed by atoms with Gasteiger partial charge in [-0.15, -0.1) is 0 Å². The topological polar surface area (TPSA) is 74.3 Å². The summed E-state index contributed by atoms with van der Waals surface area (Å²) in [6, 6.07) is 2.08. The van der Waals surface area contributed by atoms with Crippen LogP contribution in [-0.4, -0.2) is 54.9 Å². The van der Waals surface area contributed by atoms with Gasteiger partial charge in [0.05, 0.1) is 5.56 Å². The first-order valence-electron chi connectivity index (χ1n) is 7.45. The van der Waals surface area contributed by atoms with E-state index in [0.29, 0.717) is 11.6 Å². The first-order valence-corrected chi connectivity index (χ1v) is 7.45. The van der Waals surface area contributed by atoms with E-state index in [-0.39, 0.29) is 11.8 Å². The third-order valence-electron chi connectivity index (χ3n) is 3.81. The number of likely N-dealkylation sites (tertiary alicyclic amines) is 1. The lowest BCUT2D eigenvalue weighted by molar-refractivity contribution is -0.127. The number of hydrogen-bond acceptors (Lipinski definition) is 4. The Morgan fingerprint density at radius 2 is 2.18 bits per heavy atom. The predicted octanol–water partition coefficient (Wildman–Crippen LogP) is 0.665. The van der Waals surface area contributed by atoms with Crippen molar-refractivity contribution in [1.29, 1.82) is 0 Å². The fourth-order valence-corrected chi connectivity index (χ4v) is 2.50. The summed E-state index contributed by atoms with van der Waals surface area (Å²) in [5.74, 6) is -0.202. The van der Waals surface area contributed by atoms with E-state index in [4.69, 9.17) is 0 Å². The van der Waals surface area contributed by atoms with E-state index in [1.165, 1.54) is 6.20 Å². The third-order valence-corrected chi connectivity index (χ3v) is 3.81. The first kappa shape index (κ1) is 16.2. The van der Waals surface area contributed by atoms with E-state index in [0.717, 1.165) is 31.5 Å². The summed E-state index contributed by atoms with van der Waals surface area (Å²) in [4.78, 5) is 29.6. The van der Waals surface area contributed by atoms with Crippen molar-refractivity contribution in [2.75, 3.05) is 27.2 Å². The first-order chi connectivity index (χ1) is 10.6. The maximum atomic E-state index is 12.2. The molecule has 0 saturated carbocycles. The lowest BCUT2D eigenvalue weighted by Crippen LogP contribution is -2.46. The van der Waals surface area contributed by atoms with Crippen molar-refractivity contribution in [3.05, 3.63) is 35.7 Å². The van der Waals surface area contributed by atoms with E-state index < -0.39 is 0 Å². The Kier molecular flexibility index (Phi) is 5.66. The van der Waals surface area contributed by atoms with Crippen LogP contribution >= 0.6 is 0 Å². The number of nitrogens with one attached hydrogen (secondary N) is 2. The molecule has 0 radical (unpaired) electrons. The molecule has 118 valence electrons. The largest absolute Gasteiger partial charge is 0.355 e. The number of carbonyl (C=O) groups is 2. The van der Waals surface area contributed by atoms with Gasteiger partial charge in [0.1, 0.15) is 0 Å². The highest BCUT2D eigenvalue weighted by atomic mass is 16.2. The molecule has 1 fully saturated rings. The SMILES string of the molecule is CNC(=O)c1cncc(/C=C/C(=O)N2CCCC(NC)C2)c1. The Labute approximate surface area is 130 Å². The molecule has 0 spiro atoms. The molecule has 6 nitrogen and oxygen atoms in total. The molecule has 2 heterocycles. The van der Waals surface area contributed by atoms with Crippen molar-refractivity contribution in [3.63, 3.8) is 0 Å². The Morgan fingerprint density at radius 3 is 2.91 bits per heavy atom. The molecule has 1 aliphatic heterocycles. The van der Waals surface area contributed by atoms with Crippen LogP contribution in [0.2, 0.25) is 0 Å². The van der Waals surface area contributed by atoms with Gasteiger partial charge in [-0.05, 0) is 37.6 Å². The second-order valence-electron chi connectivity index (χ2n) is 5.33. The van der Waals surface area contributed by atoms with Crippen molar-refractivity contribution in [2.24, 2.45) is 0 Å². The molecule has 22 heavy (non-hydrogen) atoms. The highest BCUT2D eigenvalue weighted by Crippen LogP contribution is 2.11. The average molecular weight is 302 g/mol. The number of carbonyl (C=O) groups excluding carboxylic acids is 2. The summed E-state index contributed by atoms with van der Waals surface area (Å²) in [6.45, 7) is 1.52. The summed E-state index contributed by atoms with van der Waals surface area (Å²) >= 11 is 0. The van der Waals surface area contributed by atoms with Gasteiger partial charge >= 0.3 is 0 Å². The van der Waals surface area contributed by atoms with E-state index in [9.17, 15) is 9.59 Å². The van der Waals surface area contributed by atoms with Gasteiger partial charge in [-0.1, -0.05) is 0 Å². The fourth-order valence-electron chi connectivity index (χ4n) is 2.50. The maximum Gasteiger partial charge on any atom is 0.252 e. The summed E-state index contributed by atoms with van der Waals surface area (Å²) in [5.41, 5.74) is 1.21. The van der Waals surface area contributed by atoms with Crippen molar-refractivity contribution in [2.45, 2.75) is 18.9 Å². The quantitative estimate of drug-likeness (QED) is 0.802.